The van der Waals surface area contributed by atoms with Gasteiger partial charge in [0.2, 0.25) is 0 Å². The summed E-state index contributed by atoms with van der Waals surface area (Å²) in [6.07, 6.45) is -0.743. The molecule has 1 rings (SSSR count). The number of hydrogen-bond donors (Lipinski definition) is 0. The van der Waals surface area contributed by atoms with Gasteiger partial charge < -0.3 is 0 Å². The summed E-state index contributed by atoms with van der Waals surface area (Å²) in [6, 6.07) is 0. The topological polar surface area (TPSA) is 105 Å². The monoisotopic (exact) mass is 175 g/mol. The number of nitro groups is 2. The molecule has 0 spiro atoms. The van der Waals surface area contributed by atoms with E-state index in [4.69, 9.17) is 0 Å². The molecule has 0 aromatic rings. The van der Waals surface area contributed by atoms with Crippen LogP contribution in [0.25, 0.3) is 0 Å². The normalized spacial score (nSPS) is 21.6. The molecule has 0 aromatic heterocycles. The van der Waals surface area contributed by atoms with Crippen molar-refractivity contribution in [1.82, 2.24) is 10.0 Å². The Kier molecular flexibility index (Phi) is 1.77. The molecule has 0 radical (unpaired) electrons. The second kappa shape index (κ2) is 2.60. The first kappa shape index (κ1) is 8.17. The summed E-state index contributed by atoms with van der Waals surface area (Å²) in [4.78, 5) is 19.6. The molecule has 0 aromatic carbocycles. The molecule has 1 aliphatic rings. The van der Waals surface area contributed by atoms with E-state index in [0.717, 1.165) is 11.3 Å². The van der Waals surface area contributed by atoms with E-state index in [1.807, 2.05) is 0 Å². The molecule has 1 heterocycles. The Labute approximate surface area is 66.1 Å². The Morgan fingerprint density at radius 3 is 2.42 bits per heavy atom. The Hall–Kier alpha value is -1.93. The summed E-state index contributed by atoms with van der Waals surface area (Å²) in [5.41, 5.74) is 0. The number of hydrazone groups is 1. The van der Waals surface area contributed by atoms with Crippen molar-refractivity contribution >= 4 is 6.34 Å². The Morgan fingerprint density at radius 2 is 2.08 bits per heavy atom. The average Bonchev–Trinajstić information content (AvgIpc) is 2.30. The van der Waals surface area contributed by atoms with Crippen LogP contribution in [0.2, 0.25) is 0 Å². The van der Waals surface area contributed by atoms with Crippen molar-refractivity contribution < 1.29 is 9.96 Å². The minimum atomic E-state index is -1.54. The van der Waals surface area contributed by atoms with Crippen LogP contribution in [0, 0.1) is 20.2 Å². The van der Waals surface area contributed by atoms with Gasteiger partial charge in [0, 0.05) is 12.1 Å². The maximum Gasteiger partial charge on any atom is 0.437 e. The minimum Gasteiger partial charge on any atom is -0.260 e. The standard InChI is InChI=1S/C3H5N5O4/c1-5-3(7(9)10)6(2-4-5)8(11)12/h2-3H,1H3. The molecule has 0 bridgehead atoms. The molecule has 9 heteroatoms. The minimum absolute atomic E-state index is 0.319. The van der Waals surface area contributed by atoms with Gasteiger partial charge in [-0.2, -0.15) is 5.10 Å². The van der Waals surface area contributed by atoms with E-state index >= 15 is 0 Å². The van der Waals surface area contributed by atoms with Gasteiger partial charge in [-0.3, -0.25) is 10.1 Å². The fourth-order valence-corrected chi connectivity index (χ4v) is 0.784. The summed E-state index contributed by atoms with van der Waals surface area (Å²) < 4.78 is 0. The van der Waals surface area contributed by atoms with Gasteiger partial charge in [0.05, 0.1) is 4.92 Å². The van der Waals surface area contributed by atoms with Crippen LogP contribution in [0.4, 0.5) is 0 Å². The van der Waals surface area contributed by atoms with E-state index in [1.54, 1.807) is 0 Å². The lowest BCUT2D eigenvalue weighted by Gasteiger charge is -2.12. The predicted molar refractivity (Wildman–Crippen MR) is 35.9 cm³/mol. The summed E-state index contributed by atoms with van der Waals surface area (Å²) >= 11 is 0. The average molecular weight is 175 g/mol. The van der Waals surface area contributed by atoms with E-state index in [0.29, 0.717) is 5.01 Å². The third-order valence-electron chi connectivity index (χ3n) is 1.30. The van der Waals surface area contributed by atoms with Crippen molar-refractivity contribution in [3.05, 3.63) is 20.2 Å². The Balaban J connectivity index is 2.83. The van der Waals surface area contributed by atoms with E-state index in [1.165, 1.54) is 7.05 Å². The third kappa shape index (κ3) is 1.11. The van der Waals surface area contributed by atoms with Crippen LogP contribution in [-0.2, 0) is 0 Å². The molecular formula is C3H5N5O4. The summed E-state index contributed by atoms with van der Waals surface area (Å²) in [5, 5.41) is 24.2. The molecule has 0 saturated carbocycles. The molecule has 0 aliphatic carbocycles. The van der Waals surface area contributed by atoms with Crippen LogP contribution in [0.5, 0.6) is 0 Å². The SMILES string of the molecule is CN1N=CN([N+](=O)[O-])C1[N+](=O)[O-]. The molecule has 9 nitrogen and oxygen atoms in total. The highest BCUT2D eigenvalue weighted by Crippen LogP contribution is 2.09. The number of nitrogens with zero attached hydrogens (tertiary/aromatic N) is 5. The lowest BCUT2D eigenvalue weighted by atomic mass is 10.8. The van der Waals surface area contributed by atoms with Gasteiger partial charge >= 0.3 is 6.29 Å². The Morgan fingerprint density at radius 1 is 1.50 bits per heavy atom. The summed E-state index contributed by atoms with van der Waals surface area (Å²) in [7, 11) is 1.29. The fraction of sp³-hybridized carbons (Fsp3) is 0.667. The van der Waals surface area contributed by atoms with Gasteiger partial charge in [-0.05, 0) is 0 Å². The second-order valence-electron chi connectivity index (χ2n) is 2.05. The maximum absolute atomic E-state index is 10.3. The molecule has 0 fully saturated rings. The molecule has 1 unspecified atom stereocenters. The molecular weight excluding hydrogens is 170 g/mol. The van der Waals surface area contributed by atoms with Crippen LogP contribution in [-0.4, -0.2) is 39.6 Å². The Bertz CT molecular complexity index is 251. The van der Waals surface area contributed by atoms with E-state index in [2.05, 4.69) is 5.10 Å². The zero-order valence-corrected chi connectivity index (χ0v) is 6.02. The first-order chi connectivity index (χ1) is 5.54. The van der Waals surface area contributed by atoms with Crippen LogP contribution in [0.1, 0.15) is 0 Å². The number of hydrogen-bond acceptors (Lipinski definition) is 6. The quantitative estimate of drug-likeness (QED) is 0.390. The molecule has 0 N–H and O–H groups in total. The number of rotatable bonds is 2. The molecule has 0 saturated heterocycles. The zero-order valence-electron chi connectivity index (χ0n) is 6.02. The lowest BCUT2D eigenvalue weighted by Crippen LogP contribution is -2.46. The van der Waals surface area contributed by atoms with Gasteiger partial charge in [-0.15, -0.1) is 0 Å². The zero-order chi connectivity index (χ0) is 9.30. The van der Waals surface area contributed by atoms with Crippen molar-refractivity contribution in [2.45, 2.75) is 6.29 Å². The lowest BCUT2D eigenvalue weighted by molar-refractivity contribution is -0.717. The number of hydrazine groups is 1. The smallest absolute Gasteiger partial charge is 0.260 e. The highest BCUT2D eigenvalue weighted by Gasteiger charge is 2.43. The first-order valence-electron chi connectivity index (χ1n) is 2.87. The van der Waals surface area contributed by atoms with Gasteiger partial charge in [0.15, 0.2) is 11.4 Å². The molecule has 1 atom stereocenters. The van der Waals surface area contributed by atoms with E-state index in [9.17, 15) is 20.2 Å². The molecule has 66 valence electrons. The molecule has 12 heavy (non-hydrogen) atoms. The van der Waals surface area contributed by atoms with Gasteiger partial charge in [-0.25, -0.2) is 15.1 Å². The highest BCUT2D eigenvalue weighted by atomic mass is 16.7. The largest absolute Gasteiger partial charge is 0.437 e. The van der Waals surface area contributed by atoms with Gasteiger partial charge in [0.1, 0.15) is 0 Å². The van der Waals surface area contributed by atoms with Crippen molar-refractivity contribution in [2.24, 2.45) is 5.10 Å². The van der Waals surface area contributed by atoms with Crippen LogP contribution < -0.4 is 0 Å². The maximum atomic E-state index is 10.3. The summed E-state index contributed by atoms with van der Waals surface area (Å²) in [5.74, 6) is 0. The predicted octanol–water partition coefficient (Wildman–Crippen LogP) is -1.07. The van der Waals surface area contributed by atoms with Crippen molar-refractivity contribution in [3.63, 3.8) is 0 Å². The van der Waals surface area contributed by atoms with Crippen molar-refractivity contribution in [3.8, 4) is 0 Å². The van der Waals surface area contributed by atoms with Crippen molar-refractivity contribution in [2.75, 3.05) is 7.05 Å². The summed E-state index contributed by atoms with van der Waals surface area (Å²) in [6.45, 7) is 0. The first-order valence-corrected chi connectivity index (χ1v) is 2.87. The van der Waals surface area contributed by atoms with Gasteiger partial charge in [-0.1, -0.05) is 0 Å². The van der Waals surface area contributed by atoms with Crippen LogP contribution in [0.3, 0.4) is 0 Å². The fourth-order valence-electron chi connectivity index (χ4n) is 0.784. The van der Waals surface area contributed by atoms with Crippen LogP contribution >= 0.6 is 0 Å². The van der Waals surface area contributed by atoms with Crippen molar-refractivity contribution in [1.29, 1.82) is 0 Å². The highest BCUT2D eigenvalue weighted by molar-refractivity contribution is 5.54. The molecule has 1 aliphatic heterocycles. The van der Waals surface area contributed by atoms with E-state index < -0.39 is 16.2 Å². The van der Waals surface area contributed by atoms with Crippen LogP contribution in [0.15, 0.2) is 5.10 Å². The second-order valence-corrected chi connectivity index (χ2v) is 2.05. The van der Waals surface area contributed by atoms with E-state index in [-0.39, 0.29) is 0 Å². The molecule has 0 amide bonds. The third-order valence-corrected chi connectivity index (χ3v) is 1.30. The van der Waals surface area contributed by atoms with Gasteiger partial charge in [0.25, 0.3) is 0 Å².